The molecule has 3 N–H and O–H groups in total. The average Bonchev–Trinajstić information content (AvgIpc) is 2.52. The zero-order valence-corrected chi connectivity index (χ0v) is 13.0. The van der Waals surface area contributed by atoms with E-state index >= 15 is 0 Å². The minimum atomic E-state index is 0.102. The monoisotopic (exact) mass is 300 g/mol. The zero-order chi connectivity index (χ0) is 15.1. The Balaban J connectivity index is 2.10. The first-order valence-electron chi connectivity index (χ1n) is 6.82. The van der Waals surface area contributed by atoms with Crippen LogP contribution in [0.25, 0.3) is 11.1 Å². The number of nitrogen functional groups attached to an aromatic ring is 1. The summed E-state index contributed by atoms with van der Waals surface area (Å²) < 4.78 is 5.04. The molecule has 3 nitrogen and oxygen atoms in total. The van der Waals surface area contributed by atoms with Gasteiger partial charge >= 0.3 is 0 Å². The van der Waals surface area contributed by atoms with Crippen LogP contribution in [0.4, 0.5) is 0 Å². The molecular weight excluding hydrogens is 280 g/mol. The van der Waals surface area contributed by atoms with Crippen LogP contribution < -0.4 is 5.73 Å². The van der Waals surface area contributed by atoms with Crippen LogP contribution in [-0.4, -0.2) is 25.3 Å². The number of methoxy groups -OCH3 is 1. The molecule has 2 aromatic carbocycles. The first-order chi connectivity index (χ1) is 10.2. The van der Waals surface area contributed by atoms with Crippen LogP contribution in [0.1, 0.15) is 11.1 Å². The Kier molecular flexibility index (Phi) is 5.84. The van der Waals surface area contributed by atoms with Crippen molar-refractivity contribution < 1.29 is 4.74 Å². The molecule has 4 heteroatoms. The second-order valence-corrected chi connectivity index (χ2v) is 5.81. The molecule has 0 bridgehead atoms. The SMILES string of the molecule is COCCSCc1ccc(-c2ccccc2C(=N)N)cc1. The van der Waals surface area contributed by atoms with Gasteiger partial charge in [-0.2, -0.15) is 11.8 Å². The number of nitrogens with two attached hydrogens (primary N) is 1. The van der Waals surface area contributed by atoms with E-state index in [2.05, 4.69) is 24.3 Å². The van der Waals surface area contributed by atoms with E-state index in [0.717, 1.165) is 34.8 Å². The van der Waals surface area contributed by atoms with Gasteiger partial charge in [0, 0.05) is 24.2 Å². The molecule has 0 aliphatic rings. The fraction of sp³-hybridized carbons (Fsp3) is 0.235. The quantitative estimate of drug-likeness (QED) is 0.467. The number of hydrogen-bond acceptors (Lipinski definition) is 3. The van der Waals surface area contributed by atoms with Crippen LogP contribution in [0.15, 0.2) is 48.5 Å². The summed E-state index contributed by atoms with van der Waals surface area (Å²) in [6, 6.07) is 16.2. The van der Waals surface area contributed by atoms with Crippen molar-refractivity contribution in [1.29, 1.82) is 5.41 Å². The standard InChI is InChI=1S/C17H20N2OS/c1-20-10-11-21-12-13-6-8-14(9-7-13)15-4-2-3-5-16(15)17(18)19/h2-9H,10-12H2,1H3,(H3,18,19). The van der Waals surface area contributed by atoms with Gasteiger partial charge in [0.1, 0.15) is 5.84 Å². The molecule has 0 fully saturated rings. The highest BCUT2D eigenvalue weighted by molar-refractivity contribution is 7.98. The third-order valence-corrected chi connectivity index (χ3v) is 4.18. The van der Waals surface area contributed by atoms with Gasteiger partial charge in [-0.1, -0.05) is 48.5 Å². The second-order valence-electron chi connectivity index (χ2n) is 4.70. The number of nitrogens with one attached hydrogen (secondary N) is 1. The van der Waals surface area contributed by atoms with E-state index in [9.17, 15) is 0 Å². The minimum Gasteiger partial charge on any atom is -0.384 e. The number of ether oxygens (including phenoxy) is 1. The zero-order valence-electron chi connectivity index (χ0n) is 12.1. The summed E-state index contributed by atoms with van der Waals surface area (Å²) in [4.78, 5) is 0. The molecule has 0 radical (unpaired) electrons. The molecule has 21 heavy (non-hydrogen) atoms. The first-order valence-corrected chi connectivity index (χ1v) is 7.97. The molecule has 2 rings (SSSR count). The van der Waals surface area contributed by atoms with Crippen LogP contribution in [0.3, 0.4) is 0 Å². The molecule has 0 aliphatic heterocycles. The molecule has 0 saturated carbocycles. The van der Waals surface area contributed by atoms with E-state index < -0.39 is 0 Å². The van der Waals surface area contributed by atoms with Gasteiger partial charge in [0.2, 0.25) is 0 Å². The highest BCUT2D eigenvalue weighted by Crippen LogP contribution is 2.24. The third-order valence-electron chi connectivity index (χ3n) is 3.18. The van der Waals surface area contributed by atoms with Crippen molar-refractivity contribution in [2.45, 2.75) is 5.75 Å². The number of amidine groups is 1. The Morgan fingerprint density at radius 1 is 1.14 bits per heavy atom. The minimum absolute atomic E-state index is 0.102. The van der Waals surface area contributed by atoms with Crippen molar-refractivity contribution in [3.05, 3.63) is 59.7 Å². The van der Waals surface area contributed by atoms with Gasteiger partial charge < -0.3 is 10.5 Å². The Morgan fingerprint density at radius 3 is 2.52 bits per heavy atom. The third kappa shape index (κ3) is 4.34. The van der Waals surface area contributed by atoms with Crippen LogP contribution in [0.2, 0.25) is 0 Å². The molecule has 0 unspecified atom stereocenters. The number of benzene rings is 2. The number of rotatable bonds is 7. The molecule has 0 spiro atoms. The molecule has 110 valence electrons. The average molecular weight is 300 g/mol. The fourth-order valence-electron chi connectivity index (χ4n) is 2.08. The summed E-state index contributed by atoms with van der Waals surface area (Å²) in [6.07, 6.45) is 0. The molecule has 2 aromatic rings. The van der Waals surface area contributed by atoms with E-state index in [1.54, 1.807) is 7.11 Å². The van der Waals surface area contributed by atoms with E-state index in [4.69, 9.17) is 15.9 Å². The second kappa shape index (κ2) is 7.86. The summed E-state index contributed by atoms with van der Waals surface area (Å²) in [5.74, 6) is 2.09. The van der Waals surface area contributed by atoms with E-state index in [1.807, 2.05) is 36.0 Å². The van der Waals surface area contributed by atoms with Gasteiger partial charge in [0.25, 0.3) is 0 Å². The number of thioether (sulfide) groups is 1. The Morgan fingerprint density at radius 2 is 1.86 bits per heavy atom. The lowest BCUT2D eigenvalue weighted by atomic mass is 9.98. The highest BCUT2D eigenvalue weighted by atomic mass is 32.2. The molecule has 0 atom stereocenters. The fourth-order valence-corrected chi connectivity index (χ4v) is 2.94. The van der Waals surface area contributed by atoms with Crippen molar-refractivity contribution in [2.24, 2.45) is 5.73 Å². The number of hydrogen-bond donors (Lipinski definition) is 2. The Bertz CT molecular complexity index is 596. The molecule has 0 aromatic heterocycles. The van der Waals surface area contributed by atoms with Crippen molar-refractivity contribution >= 4 is 17.6 Å². The van der Waals surface area contributed by atoms with Gasteiger partial charge in [-0.25, -0.2) is 0 Å². The predicted molar refractivity (Wildman–Crippen MR) is 90.9 cm³/mol. The maximum absolute atomic E-state index is 7.66. The lowest BCUT2D eigenvalue weighted by Gasteiger charge is -2.09. The van der Waals surface area contributed by atoms with E-state index in [1.165, 1.54) is 5.56 Å². The van der Waals surface area contributed by atoms with Gasteiger partial charge in [-0.3, -0.25) is 5.41 Å². The van der Waals surface area contributed by atoms with Crippen molar-refractivity contribution in [2.75, 3.05) is 19.5 Å². The molecule has 0 heterocycles. The Hall–Kier alpha value is -1.78. The molecule has 0 saturated heterocycles. The summed E-state index contributed by atoms with van der Waals surface area (Å²) >= 11 is 1.86. The van der Waals surface area contributed by atoms with Crippen LogP contribution in [-0.2, 0) is 10.5 Å². The van der Waals surface area contributed by atoms with Crippen molar-refractivity contribution in [3.8, 4) is 11.1 Å². The van der Waals surface area contributed by atoms with Crippen LogP contribution in [0.5, 0.6) is 0 Å². The molecule has 0 amide bonds. The lowest BCUT2D eigenvalue weighted by Crippen LogP contribution is -2.12. The highest BCUT2D eigenvalue weighted by Gasteiger charge is 2.06. The normalized spacial score (nSPS) is 10.5. The molecule has 0 aliphatic carbocycles. The van der Waals surface area contributed by atoms with Gasteiger partial charge in [0.15, 0.2) is 0 Å². The summed E-state index contributed by atoms with van der Waals surface area (Å²) in [5.41, 5.74) is 9.81. The van der Waals surface area contributed by atoms with Crippen LogP contribution >= 0.6 is 11.8 Å². The van der Waals surface area contributed by atoms with Crippen molar-refractivity contribution in [3.63, 3.8) is 0 Å². The van der Waals surface area contributed by atoms with E-state index in [0.29, 0.717) is 0 Å². The lowest BCUT2D eigenvalue weighted by molar-refractivity contribution is 0.218. The maximum atomic E-state index is 7.66. The van der Waals surface area contributed by atoms with Gasteiger partial charge in [-0.05, 0) is 16.7 Å². The Labute approximate surface area is 130 Å². The van der Waals surface area contributed by atoms with Gasteiger partial charge in [0.05, 0.1) is 6.61 Å². The maximum Gasteiger partial charge on any atom is 0.123 e. The molecular formula is C17H20N2OS. The first kappa shape index (κ1) is 15.6. The van der Waals surface area contributed by atoms with Gasteiger partial charge in [-0.15, -0.1) is 0 Å². The largest absolute Gasteiger partial charge is 0.384 e. The van der Waals surface area contributed by atoms with Crippen molar-refractivity contribution in [1.82, 2.24) is 0 Å². The topological polar surface area (TPSA) is 59.1 Å². The summed E-state index contributed by atoms with van der Waals surface area (Å²) in [6.45, 7) is 0.786. The van der Waals surface area contributed by atoms with E-state index in [-0.39, 0.29) is 5.84 Å². The summed E-state index contributed by atoms with van der Waals surface area (Å²) in [7, 11) is 1.72. The smallest absolute Gasteiger partial charge is 0.123 e. The predicted octanol–water partition coefficient (Wildman–Crippen LogP) is 3.52. The summed E-state index contributed by atoms with van der Waals surface area (Å²) in [5, 5.41) is 7.66. The van der Waals surface area contributed by atoms with Crippen LogP contribution in [0, 0.1) is 5.41 Å².